The van der Waals surface area contributed by atoms with E-state index in [9.17, 15) is 14.4 Å². The Morgan fingerprint density at radius 3 is 0.875 bits per heavy atom. The molecular formula is C9H21AlO3Si3. The van der Waals surface area contributed by atoms with Crippen LogP contribution in [0.25, 0.3) is 0 Å². The Kier molecular flexibility index (Phi) is 57.0. The second-order valence-corrected chi connectivity index (χ2v) is 5.30. The van der Waals surface area contributed by atoms with Gasteiger partial charge in [0, 0.05) is 0 Å². The maximum absolute atomic E-state index is 9.60. The van der Waals surface area contributed by atoms with Gasteiger partial charge in [-0.25, -0.2) is 0 Å². The van der Waals surface area contributed by atoms with E-state index >= 15 is 0 Å². The van der Waals surface area contributed by atoms with Crippen molar-refractivity contribution in [3.05, 3.63) is 38.0 Å². The summed E-state index contributed by atoms with van der Waals surface area (Å²) in [5, 5.41) is 0. The Morgan fingerprint density at radius 2 is 0.875 bits per heavy atom. The Hall–Kier alpha value is 0.283. The third-order valence-corrected chi connectivity index (χ3v) is 2.90. The molecule has 3 nitrogen and oxygen atoms in total. The fourth-order valence-corrected chi connectivity index (χ4v) is 0.750. The molecule has 0 aliphatic carbocycles. The van der Waals surface area contributed by atoms with E-state index in [2.05, 4.69) is 19.7 Å². The quantitative estimate of drug-likeness (QED) is 0.380. The van der Waals surface area contributed by atoms with Crippen molar-refractivity contribution in [2.24, 2.45) is 0 Å². The average Bonchev–Trinajstić information content (AvgIpc) is 2.23. The van der Waals surface area contributed by atoms with Gasteiger partial charge in [0.2, 0.25) is 0 Å². The van der Waals surface area contributed by atoms with Gasteiger partial charge in [0.1, 0.15) is 0 Å². The molecule has 0 bridgehead atoms. The molecule has 0 spiro atoms. The van der Waals surface area contributed by atoms with E-state index in [1.54, 1.807) is 18.2 Å². The molecule has 0 heterocycles. The van der Waals surface area contributed by atoms with Crippen molar-refractivity contribution in [2.75, 3.05) is 0 Å². The van der Waals surface area contributed by atoms with E-state index < -0.39 is 29.3 Å². The largest absolute Gasteiger partial charge is 3.00 e. The second kappa shape index (κ2) is 36.2. The predicted molar refractivity (Wildman–Crippen MR) is 76.4 cm³/mol. The number of rotatable bonds is 6. The molecule has 0 aliphatic heterocycles. The summed E-state index contributed by atoms with van der Waals surface area (Å²) in [6, 6.07) is 2.21. The SMILES string of the molecule is C=CC[SiH2][O-].C=CC[SiH2][O-].C=CC[SiH2][O-].[Al+3]. The first kappa shape index (κ1) is 25.2. The van der Waals surface area contributed by atoms with Crippen LogP contribution in [-0.4, -0.2) is 46.7 Å². The molecule has 0 amide bonds. The molecule has 0 fully saturated rings. The maximum atomic E-state index is 9.60. The standard InChI is InChI=1S/3C3H7OSi.Al/c3*1-2-3-5-4;/h3*2H,1,3,5H2;/q3*-1;+3. The monoisotopic (exact) mass is 288 g/mol. The summed E-state index contributed by atoms with van der Waals surface area (Å²) in [7, 11) is -2.86. The molecule has 0 N–H and O–H groups in total. The van der Waals surface area contributed by atoms with Gasteiger partial charge in [0.05, 0.1) is 0 Å². The first-order chi connectivity index (χ1) is 7.24. The molecular weight excluding hydrogens is 267 g/mol. The molecule has 0 saturated heterocycles. The molecule has 0 radical (unpaired) electrons. The van der Waals surface area contributed by atoms with Gasteiger partial charge in [-0.05, 0) is 0 Å². The van der Waals surface area contributed by atoms with Crippen LogP contribution in [0, 0.1) is 0 Å². The second-order valence-electron chi connectivity index (χ2n) is 2.34. The van der Waals surface area contributed by atoms with Crippen molar-refractivity contribution >= 4 is 46.7 Å². The minimum absolute atomic E-state index is 0. The first-order valence-electron chi connectivity index (χ1n) is 4.82. The van der Waals surface area contributed by atoms with Crippen molar-refractivity contribution in [3.8, 4) is 0 Å². The van der Waals surface area contributed by atoms with Gasteiger partial charge in [-0.2, -0.15) is 0 Å². The topological polar surface area (TPSA) is 69.2 Å². The van der Waals surface area contributed by atoms with Crippen LogP contribution in [0.15, 0.2) is 38.0 Å². The zero-order valence-electron chi connectivity index (χ0n) is 9.90. The predicted octanol–water partition coefficient (Wildman–Crippen LogP) is -3.28. The van der Waals surface area contributed by atoms with Crippen molar-refractivity contribution in [1.29, 1.82) is 0 Å². The molecule has 16 heavy (non-hydrogen) atoms. The zero-order chi connectivity index (χ0) is 12.4. The Morgan fingerprint density at radius 1 is 0.688 bits per heavy atom. The first-order valence-corrected chi connectivity index (χ1v) is 9.55. The van der Waals surface area contributed by atoms with Gasteiger partial charge in [-0.15, -0.1) is 19.7 Å². The van der Waals surface area contributed by atoms with Crippen LogP contribution in [0.1, 0.15) is 0 Å². The van der Waals surface area contributed by atoms with Gasteiger partial charge in [0.25, 0.3) is 0 Å². The van der Waals surface area contributed by atoms with E-state index in [1.807, 2.05) is 0 Å². The van der Waals surface area contributed by atoms with Gasteiger partial charge >= 0.3 is 17.4 Å². The molecule has 0 saturated carbocycles. The number of hydrogen-bond donors (Lipinski definition) is 0. The number of allylic oxidation sites excluding steroid dienone is 3. The molecule has 0 unspecified atom stereocenters. The minimum Gasteiger partial charge on any atom is -0.863 e. The van der Waals surface area contributed by atoms with Crippen LogP contribution in [-0.2, 0) is 0 Å². The van der Waals surface area contributed by atoms with Crippen LogP contribution in [0.4, 0.5) is 0 Å². The fraction of sp³-hybridized carbons (Fsp3) is 0.333. The summed E-state index contributed by atoms with van der Waals surface area (Å²) in [4.78, 5) is 28.8. The summed E-state index contributed by atoms with van der Waals surface area (Å²) in [6.45, 7) is 10.2. The third kappa shape index (κ3) is 63.8. The van der Waals surface area contributed by atoms with Gasteiger partial charge in [0.15, 0.2) is 0 Å². The summed E-state index contributed by atoms with van der Waals surface area (Å²) in [5.74, 6) is 0. The van der Waals surface area contributed by atoms with Crippen molar-refractivity contribution < 1.29 is 14.4 Å². The molecule has 0 rings (SSSR count). The van der Waals surface area contributed by atoms with Crippen molar-refractivity contribution in [1.82, 2.24) is 0 Å². The van der Waals surface area contributed by atoms with Crippen LogP contribution in [0.2, 0.25) is 18.1 Å². The Bertz CT molecular complexity index is 113. The van der Waals surface area contributed by atoms with E-state index in [0.717, 1.165) is 18.1 Å². The minimum atomic E-state index is -0.954. The van der Waals surface area contributed by atoms with E-state index in [1.165, 1.54) is 0 Å². The molecule has 0 aromatic carbocycles. The summed E-state index contributed by atoms with van der Waals surface area (Å²) >= 11 is 0. The maximum Gasteiger partial charge on any atom is 3.00 e. The molecule has 7 heteroatoms. The fourth-order valence-electron chi connectivity index (χ4n) is 0.250. The zero-order valence-corrected chi connectivity index (χ0v) is 15.3. The van der Waals surface area contributed by atoms with Gasteiger partial charge < -0.3 is 14.4 Å². The van der Waals surface area contributed by atoms with E-state index in [0.29, 0.717) is 0 Å². The van der Waals surface area contributed by atoms with Crippen molar-refractivity contribution in [3.63, 3.8) is 0 Å². The normalized spacial score (nSPS) is 9.19. The van der Waals surface area contributed by atoms with Crippen molar-refractivity contribution in [2.45, 2.75) is 18.1 Å². The molecule has 0 aromatic heterocycles. The number of hydrogen-bond acceptors (Lipinski definition) is 3. The van der Waals surface area contributed by atoms with Crippen LogP contribution in [0.5, 0.6) is 0 Å². The van der Waals surface area contributed by atoms with Gasteiger partial charge in [-0.3, -0.25) is 0 Å². The molecule has 0 aromatic rings. The summed E-state index contributed by atoms with van der Waals surface area (Å²) in [6.07, 6.45) is 5.04. The molecule has 0 atom stereocenters. The summed E-state index contributed by atoms with van der Waals surface area (Å²) in [5.41, 5.74) is 0. The van der Waals surface area contributed by atoms with Crippen LogP contribution in [0.3, 0.4) is 0 Å². The van der Waals surface area contributed by atoms with E-state index in [4.69, 9.17) is 0 Å². The summed E-state index contributed by atoms with van der Waals surface area (Å²) < 4.78 is 0. The van der Waals surface area contributed by atoms with Crippen LogP contribution < -0.4 is 14.4 Å². The van der Waals surface area contributed by atoms with E-state index in [-0.39, 0.29) is 17.4 Å². The smallest absolute Gasteiger partial charge is 0.863 e. The molecule has 90 valence electrons. The third-order valence-electron chi connectivity index (χ3n) is 0.966. The molecule has 0 aliphatic rings. The Balaban J connectivity index is -0.0000000655. The van der Waals surface area contributed by atoms with Crippen LogP contribution >= 0.6 is 0 Å². The Labute approximate surface area is 117 Å². The van der Waals surface area contributed by atoms with Gasteiger partial charge in [-0.1, -0.05) is 65.6 Å². The average molecular weight is 289 g/mol.